The standard InChI is InChI=1S/C19H20BNO6S/c1-13(22)15-6-4-5-14(9-15)12-28(25,26)21-19(20(23)24)10-16-11-27-18-8-3-2-7-17(16)18/h2-9,11,19,21,23-24H,10,12H2,1H3/t19-/m0/s1. The lowest BCUT2D eigenvalue weighted by Gasteiger charge is -2.17. The van der Waals surface area contributed by atoms with Gasteiger partial charge in [0, 0.05) is 10.9 Å². The number of ketones is 1. The second-order valence-corrected chi connectivity index (χ2v) is 8.37. The zero-order valence-electron chi connectivity index (χ0n) is 15.2. The van der Waals surface area contributed by atoms with Gasteiger partial charge in [-0.15, -0.1) is 0 Å². The Balaban J connectivity index is 1.77. The zero-order valence-corrected chi connectivity index (χ0v) is 16.0. The number of benzene rings is 2. The summed E-state index contributed by atoms with van der Waals surface area (Å²) in [6.07, 6.45) is 1.52. The molecule has 0 aliphatic heterocycles. The summed E-state index contributed by atoms with van der Waals surface area (Å²) < 4.78 is 32.8. The van der Waals surface area contributed by atoms with Crippen LogP contribution in [0.5, 0.6) is 0 Å². The number of carbonyl (C=O) groups excluding carboxylic acids is 1. The summed E-state index contributed by atoms with van der Waals surface area (Å²) in [4.78, 5) is 11.5. The Kier molecular flexibility index (Phi) is 6.00. The maximum absolute atomic E-state index is 12.5. The number of para-hydroxylation sites is 1. The van der Waals surface area contributed by atoms with Crippen LogP contribution in [0.1, 0.15) is 28.4 Å². The third-order valence-corrected chi connectivity index (χ3v) is 5.76. The van der Waals surface area contributed by atoms with Gasteiger partial charge in [0.2, 0.25) is 10.0 Å². The van der Waals surface area contributed by atoms with Crippen LogP contribution >= 0.6 is 0 Å². The van der Waals surface area contributed by atoms with Crippen LogP contribution in [-0.4, -0.2) is 37.3 Å². The first-order chi connectivity index (χ1) is 13.2. The Morgan fingerprint density at radius 3 is 2.64 bits per heavy atom. The van der Waals surface area contributed by atoms with Crippen LogP contribution in [0.25, 0.3) is 11.0 Å². The summed E-state index contributed by atoms with van der Waals surface area (Å²) in [6, 6.07) is 13.5. The maximum Gasteiger partial charge on any atom is 0.471 e. The number of hydrogen-bond donors (Lipinski definition) is 3. The van der Waals surface area contributed by atoms with Gasteiger partial charge >= 0.3 is 7.12 Å². The first-order valence-corrected chi connectivity index (χ1v) is 10.3. The van der Waals surface area contributed by atoms with Crippen molar-refractivity contribution in [1.82, 2.24) is 4.72 Å². The predicted molar refractivity (Wildman–Crippen MR) is 106 cm³/mol. The molecule has 28 heavy (non-hydrogen) atoms. The second kappa shape index (κ2) is 8.28. The molecule has 9 heteroatoms. The van der Waals surface area contributed by atoms with Gasteiger partial charge in [-0.25, -0.2) is 13.1 Å². The molecule has 0 aliphatic rings. The SMILES string of the molecule is CC(=O)c1cccc(CS(=O)(=O)N[C@@H](Cc2coc3ccccc23)B(O)O)c1. The molecule has 0 bridgehead atoms. The fourth-order valence-corrected chi connectivity index (χ4v) is 4.38. The lowest BCUT2D eigenvalue weighted by Crippen LogP contribution is -2.48. The van der Waals surface area contributed by atoms with Crippen LogP contribution in [0.4, 0.5) is 0 Å². The van der Waals surface area contributed by atoms with E-state index < -0.39 is 23.1 Å². The summed E-state index contributed by atoms with van der Waals surface area (Å²) >= 11 is 0. The van der Waals surface area contributed by atoms with E-state index in [2.05, 4.69) is 4.72 Å². The average Bonchev–Trinajstić information content (AvgIpc) is 3.04. The molecule has 2 aromatic carbocycles. The number of rotatable bonds is 8. The molecular formula is C19H20BNO6S. The molecule has 3 aromatic rings. The van der Waals surface area contributed by atoms with Gasteiger partial charge in [-0.2, -0.15) is 0 Å². The van der Waals surface area contributed by atoms with Gasteiger partial charge in [0.05, 0.1) is 18.0 Å². The Hall–Kier alpha value is -2.46. The van der Waals surface area contributed by atoms with Gasteiger partial charge in [0.25, 0.3) is 0 Å². The monoisotopic (exact) mass is 401 g/mol. The van der Waals surface area contributed by atoms with E-state index in [0.29, 0.717) is 22.3 Å². The topological polar surface area (TPSA) is 117 Å². The largest absolute Gasteiger partial charge is 0.471 e. The third-order valence-electron chi connectivity index (χ3n) is 4.38. The Morgan fingerprint density at radius 1 is 1.18 bits per heavy atom. The maximum atomic E-state index is 12.5. The van der Waals surface area contributed by atoms with Crippen LogP contribution < -0.4 is 4.72 Å². The summed E-state index contributed by atoms with van der Waals surface area (Å²) in [5, 5.41) is 20.1. The molecule has 146 valence electrons. The van der Waals surface area contributed by atoms with Gasteiger partial charge < -0.3 is 14.5 Å². The zero-order chi connectivity index (χ0) is 20.3. The van der Waals surface area contributed by atoms with Crippen molar-refractivity contribution in [2.75, 3.05) is 0 Å². The summed E-state index contributed by atoms with van der Waals surface area (Å²) in [5.41, 5.74) is 2.14. The molecule has 0 saturated carbocycles. The van der Waals surface area contributed by atoms with Crippen molar-refractivity contribution in [3.05, 3.63) is 71.5 Å². The molecule has 3 N–H and O–H groups in total. The molecule has 7 nitrogen and oxygen atoms in total. The fourth-order valence-electron chi connectivity index (χ4n) is 3.01. The number of hydrogen-bond acceptors (Lipinski definition) is 6. The molecule has 0 fully saturated rings. The van der Waals surface area contributed by atoms with E-state index in [1.807, 2.05) is 18.2 Å². The van der Waals surface area contributed by atoms with Gasteiger partial charge in [-0.3, -0.25) is 4.79 Å². The molecule has 0 amide bonds. The first-order valence-electron chi connectivity index (χ1n) is 8.66. The Morgan fingerprint density at radius 2 is 1.93 bits per heavy atom. The van der Waals surface area contributed by atoms with E-state index in [1.54, 1.807) is 24.3 Å². The van der Waals surface area contributed by atoms with Crippen LogP contribution in [0.15, 0.2) is 59.2 Å². The highest BCUT2D eigenvalue weighted by atomic mass is 32.2. The molecule has 0 radical (unpaired) electrons. The first kappa shape index (κ1) is 20.3. The molecule has 0 spiro atoms. The minimum atomic E-state index is -3.89. The second-order valence-electron chi connectivity index (χ2n) is 6.61. The molecule has 0 saturated heterocycles. The molecule has 0 unspecified atom stereocenters. The highest BCUT2D eigenvalue weighted by Gasteiger charge is 2.29. The highest BCUT2D eigenvalue weighted by Crippen LogP contribution is 2.22. The van der Waals surface area contributed by atoms with Crippen molar-refractivity contribution in [3.63, 3.8) is 0 Å². The van der Waals surface area contributed by atoms with Crippen molar-refractivity contribution in [3.8, 4) is 0 Å². The number of sulfonamides is 1. The molecule has 1 atom stereocenters. The van der Waals surface area contributed by atoms with Crippen molar-refractivity contribution in [2.45, 2.75) is 25.0 Å². The van der Waals surface area contributed by atoms with Crippen LogP contribution in [0.2, 0.25) is 0 Å². The normalized spacial score (nSPS) is 12.8. The van der Waals surface area contributed by atoms with E-state index >= 15 is 0 Å². The lowest BCUT2D eigenvalue weighted by molar-refractivity contribution is 0.101. The molecule has 3 rings (SSSR count). The summed E-state index contributed by atoms with van der Waals surface area (Å²) in [5.74, 6) is -1.70. The van der Waals surface area contributed by atoms with Crippen LogP contribution in [-0.2, 0) is 22.2 Å². The Bertz CT molecular complexity index is 1090. The van der Waals surface area contributed by atoms with Crippen molar-refractivity contribution in [2.24, 2.45) is 0 Å². The number of carbonyl (C=O) groups is 1. The number of Topliss-reactive ketones (excluding diaryl/α,β-unsaturated/α-hetero) is 1. The molecular weight excluding hydrogens is 381 g/mol. The summed E-state index contributed by atoms with van der Waals surface area (Å²) in [7, 11) is -5.79. The van der Waals surface area contributed by atoms with E-state index in [9.17, 15) is 23.3 Å². The van der Waals surface area contributed by atoms with Crippen molar-refractivity contribution >= 4 is 33.9 Å². The van der Waals surface area contributed by atoms with E-state index in [4.69, 9.17) is 4.42 Å². The van der Waals surface area contributed by atoms with Gasteiger partial charge in [0.1, 0.15) is 5.58 Å². The van der Waals surface area contributed by atoms with Gasteiger partial charge in [0.15, 0.2) is 5.78 Å². The van der Waals surface area contributed by atoms with Crippen molar-refractivity contribution in [1.29, 1.82) is 0 Å². The number of furan rings is 1. The van der Waals surface area contributed by atoms with Gasteiger partial charge in [-0.05, 0) is 36.6 Å². The lowest BCUT2D eigenvalue weighted by atomic mass is 9.77. The minimum Gasteiger partial charge on any atom is -0.464 e. The smallest absolute Gasteiger partial charge is 0.464 e. The molecule has 0 aliphatic carbocycles. The van der Waals surface area contributed by atoms with Gasteiger partial charge in [-0.1, -0.05) is 36.4 Å². The fraction of sp³-hybridized carbons (Fsp3) is 0.211. The number of nitrogens with one attached hydrogen (secondary N) is 1. The number of fused-ring (bicyclic) bond motifs is 1. The van der Waals surface area contributed by atoms with E-state index in [-0.39, 0.29) is 18.0 Å². The predicted octanol–water partition coefficient (Wildman–Crippen LogP) is 1.68. The van der Waals surface area contributed by atoms with Crippen molar-refractivity contribution < 1.29 is 27.7 Å². The van der Waals surface area contributed by atoms with E-state index in [0.717, 1.165) is 5.39 Å². The molecule has 1 heterocycles. The molecule has 1 aromatic heterocycles. The highest BCUT2D eigenvalue weighted by molar-refractivity contribution is 7.88. The average molecular weight is 401 g/mol. The van der Waals surface area contributed by atoms with Crippen LogP contribution in [0, 0.1) is 0 Å². The quantitative estimate of drug-likeness (QED) is 0.391. The Labute approximate surface area is 163 Å². The van der Waals surface area contributed by atoms with Crippen LogP contribution in [0.3, 0.4) is 0 Å². The minimum absolute atomic E-state index is 0.0431. The third kappa shape index (κ3) is 4.88. The summed E-state index contributed by atoms with van der Waals surface area (Å²) in [6.45, 7) is 1.40. The van der Waals surface area contributed by atoms with E-state index in [1.165, 1.54) is 19.3 Å².